The van der Waals surface area contributed by atoms with Crippen LogP contribution in [0.3, 0.4) is 0 Å². The van der Waals surface area contributed by atoms with Crippen LogP contribution in [0.15, 0.2) is 9.42 Å². The highest BCUT2D eigenvalue weighted by atomic mass is 32.2. The van der Waals surface area contributed by atoms with Crippen molar-refractivity contribution < 1.29 is 12.9 Å². The molecule has 2 N–H and O–H groups in total. The number of rotatable bonds is 5. The monoisotopic (exact) mass is 273 g/mol. The van der Waals surface area contributed by atoms with Crippen molar-refractivity contribution in [3.8, 4) is 0 Å². The topological polar surface area (TPSA) is 89.4 Å². The zero-order valence-corrected chi connectivity index (χ0v) is 11.7. The number of nitrogens with zero attached hydrogens (tertiary/aromatic N) is 2. The molecule has 102 valence electrons. The van der Waals surface area contributed by atoms with Gasteiger partial charge in [-0.05, 0) is 32.6 Å². The fraction of sp³-hybridized carbons (Fsp3) is 0.727. The number of hydrogen-bond donors (Lipinski definition) is 1. The molecule has 1 atom stereocenters. The van der Waals surface area contributed by atoms with Crippen LogP contribution in [0.1, 0.15) is 24.3 Å². The van der Waals surface area contributed by atoms with Gasteiger partial charge in [-0.2, -0.15) is 4.31 Å². The minimum Gasteiger partial charge on any atom is -0.360 e. The highest BCUT2D eigenvalue weighted by Gasteiger charge is 2.39. The van der Waals surface area contributed by atoms with E-state index in [9.17, 15) is 8.42 Å². The van der Waals surface area contributed by atoms with E-state index in [1.54, 1.807) is 20.9 Å². The van der Waals surface area contributed by atoms with E-state index in [2.05, 4.69) is 5.16 Å². The maximum atomic E-state index is 12.5. The molecule has 0 aliphatic heterocycles. The summed E-state index contributed by atoms with van der Waals surface area (Å²) in [6, 6.07) is -0.135. The van der Waals surface area contributed by atoms with Gasteiger partial charge in [-0.3, -0.25) is 0 Å². The molecule has 0 bridgehead atoms. The van der Waals surface area contributed by atoms with E-state index in [0.29, 0.717) is 23.9 Å². The third-order valence-electron chi connectivity index (χ3n) is 3.48. The van der Waals surface area contributed by atoms with Crippen LogP contribution < -0.4 is 5.73 Å². The van der Waals surface area contributed by atoms with Crippen LogP contribution in [0.5, 0.6) is 0 Å². The van der Waals surface area contributed by atoms with Crippen molar-refractivity contribution >= 4 is 10.0 Å². The number of aryl methyl sites for hydroxylation is 2. The average molecular weight is 273 g/mol. The number of nitrogens with two attached hydrogens (primary N) is 1. The van der Waals surface area contributed by atoms with Crippen LogP contribution in [0.4, 0.5) is 0 Å². The summed E-state index contributed by atoms with van der Waals surface area (Å²) in [6.07, 6.45) is 2.09. The molecular formula is C11H19N3O3S. The molecule has 1 aromatic heterocycles. The summed E-state index contributed by atoms with van der Waals surface area (Å²) >= 11 is 0. The zero-order chi connectivity index (χ0) is 13.5. The molecule has 1 aromatic rings. The van der Waals surface area contributed by atoms with Gasteiger partial charge in [0.05, 0.1) is 0 Å². The maximum absolute atomic E-state index is 12.5. The van der Waals surface area contributed by atoms with Crippen molar-refractivity contribution in [1.29, 1.82) is 0 Å². The van der Waals surface area contributed by atoms with E-state index in [4.69, 9.17) is 10.3 Å². The van der Waals surface area contributed by atoms with E-state index in [1.807, 2.05) is 0 Å². The van der Waals surface area contributed by atoms with Crippen LogP contribution in [0.2, 0.25) is 0 Å². The first kappa shape index (κ1) is 13.5. The summed E-state index contributed by atoms with van der Waals surface area (Å²) < 4.78 is 31.4. The van der Waals surface area contributed by atoms with Crippen LogP contribution in [-0.4, -0.2) is 37.5 Å². The Morgan fingerprint density at radius 2 is 2.11 bits per heavy atom. The van der Waals surface area contributed by atoms with Gasteiger partial charge in [0.25, 0.3) is 0 Å². The summed E-state index contributed by atoms with van der Waals surface area (Å²) in [4.78, 5) is 0.170. The Morgan fingerprint density at radius 3 is 2.50 bits per heavy atom. The summed E-state index contributed by atoms with van der Waals surface area (Å²) in [7, 11) is -2.00. The van der Waals surface area contributed by atoms with E-state index in [1.165, 1.54) is 4.31 Å². The number of likely N-dealkylation sites (N-methyl/N-ethyl adjacent to an activating group) is 1. The van der Waals surface area contributed by atoms with Crippen LogP contribution in [-0.2, 0) is 10.0 Å². The summed E-state index contributed by atoms with van der Waals surface area (Å²) in [5.41, 5.74) is 6.09. The van der Waals surface area contributed by atoms with Crippen LogP contribution in [0, 0.1) is 19.8 Å². The molecule has 1 aliphatic rings. The van der Waals surface area contributed by atoms with Gasteiger partial charge in [-0.1, -0.05) is 5.16 Å². The zero-order valence-electron chi connectivity index (χ0n) is 10.9. The molecule has 6 nitrogen and oxygen atoms in total. The van der Waals surface area contributed by atoms with Crippen LogP contribution in [0.25, 0.3) is 0 Å². The average Bonchev–Trinajstić information content (AvgIpc) is 3.06. The molecule has 0 aromatic carbocycles. The lowest BCUT2D eigenvalue weighted by molar-refractivity contribution is 0.339. The summed E-state index contributed by atoms with van der Waals surface area (Å²) in [6.45, 7) is 3.57. The first-order valence-corrected chi connectivity index (χ1v) is 7.44. The van der Waals surface area contributed by atoms with Crippen molar-refractivity contribution in [2.75, 3.05) is 13.6 Å². The second-order valence-electron chi connectivity index (χ2n) is 4.82. The highest BCUT2D eigenvalue weighted by Crippen LogP contribution is 2.36. The molecule has 1 unspecified atom stereocenters. The summed E-state index contributed by atoms with van der Waals surface area (Å²) in [5, 5.41) is 3.70. The van der Waals surface area contributed by atoms with Crippen molar-refractivity contribution in [2.45, 2.75) is 37.6 Å². The van der Waals surface area contributed by atoms with E-state index in [-0.39, 0.29) is 10.9 Å². The lowest BCUT2D eigenvalue weighted by Gasteiger charge is -2.26. The fourth-order valence-corrected chi connectivity index (χ4v) is 4.00. The van der Waals surface area contributed by atoms with Crippen LogP contribution >= 0.6 is 0 Å². The molecular weight excluding hydrogens is 254 g/mol. The minimum atomic E-state index is -3.58. The Morgan fingerprint density at radius 1 is 1.50 bits per heavy atom. The Labute approximate surface area is 107 Å². The van der Waals surface area contributed by atoms with Crippen molar-refractivity contribution in [3.05, 3.63) is 11.5 Å². The predicted molar refractivity (Wildman–Crippen MR) is 66.5 cm³/mol. The van der Waals surface area contributed by atoms with E-state index < -0.39 is 10.0 Å². The second kappa shape index (κ2) is 4.64. The largest absolute Gasteiger partial charge is 0.360 e. The minimum absolute atomic E-state index is 0.135. The quantitative estimate of drug-likeness (QED) is 0.850. The molecule has 0 radical (unpaired) electrons. The van der Waals surface area contributed by atoms with Crippen molar-refractivity contribution in [2.24, 2.45) is 11.7 Å². The number of hydrogen-bond acceptors (Lipinski definition) is 5. The van der Waals surface area contributed by atoms with Gasteiger partial charge in [0, 0.05) is 19.6 Å². The van der Waals surface area contributed by atoms with Gasteiger partial charge in [0.15, 0.2) is 5.76 Å². The van der Waals surface area contributed by atoms with E-state index >= 15 is 0 Å². The first-order chi connectivity index (χ1) is 8.39. The Bertz CT molecular complexity index is 514. The SMILES string of the molecule is Cc1noc(C)c1S(=O)(=O)N(C)C(CN)C1CC1. The first-order valence-electron chi connectivity index (χ1n) is 6.00. The Hall–Kier alpha value is -0.920. The fourth-order valence-electron chi connectivity index (χ4n) is 2.28. The summed E-state index contributed by atoms with van der Waals surface area (Å²) in [5.74, 6) is 0.709. The number of sulfonamides is 1. The van der Waals surface area contributed by atoms with Gasteiger partial charge in [0.1, 0.15) is 10.6 Å². The van der Waals surface area contributed by atoms with Gasteiger partial charge in [0.2, 0.25) is 10.0 Å². The molecule has 1 heterocycles. The highest BCUT2D eigenvalue weighted by molar-refractivity contribution is 7.89. The lowest BCUT2D eigenvalue weighted by atomic mass is 10.2. The van der Waals surface area contributed by atoms with Crippen molar-refractivity contribution in [3.63, 3.8) is 0 Å². The molecule has 0 saturated heterocycles. The third kappa shape index (κ3) is 2.17. The Kier molecular flexibility index (Phi) is 3.48. The smallest absolute Gasteiger partial charge is 0.248 e. The molecule has 0 spiro atoms. The predicted octanol–water partition coefficient (Wildman–Crippen LogP) is 0.649. The van der Waals surface area contributed by atoms with Crippen molar-refractivity contribution in [1.82, 2.24) is 9.46 Å². The number of aromatic nitrogens is 1. The lowest BCUT2D eigenvalue weighted by Crippen LogP contribution is -2.43. The van der Waals surface area contributed by atoms with Gasteiger partial charge >= 0.3 is 0 Å². The molecule has 0 amide bonds. The van der Waals surface area contributed by atoms with Gasteiger partial charge in [-0.15, -0.1) is 0 Å². The molecule has 18 heavy (non-hydrogen) atoms. The normalized spacial score (nSPS) is 18.3. The Balaban J connectivity index is 2.36. The molecule has 7 heteroatoms. The van der Waals surface area contributed by atoms with Gasteiger partial charge < -0.3 is 10.3 Å². The second-order valence-corrected chi connectivity index (χ2v) is 6.75. The molecule has 1 saturated carbocycles. The molecule has 1 aliphatic carbocycles. The van der Waals surface area contributed by atoms with Gasteiger partial charge in [-0.25, -0.2) is 8.42 Å². The molecule has 2 rings (SSSR count). The standard InChI is InChI=1S/C11H19N3O3S/c1-7-11(8(2)17-13-7)18(15,16)14(3)10(6-12)9-4-5-9/h9-10H,4-6,12H2,1-3H3. The third-order valence-corrected chi connectivity index (χ3v) is 5.61. The van der Waals surface area contributed by atoms with E-state index in [0.717, 1.165) is 12.8 Å². The maximum Gasteiger partial charge on any atom is 0.248 e. The molecule has 1 fully saturated rings.